The highest BCUT2D eigenvalue weighted by Gasteiger charge is 1.79. The molecule has 0 spiro atoms. The van der Waals surface area contributed by atoms with Crippen LogP contribution in [0.25, 0.3) is 6.08 Å². The molecule has 17 heavy (non-hydrogen) atoms. The third-order valence-electron chi connectivity index (χ3n) is 1.40. The van der Waals surface area contributed by atoms with Crippen molar-refractivity contribution < 1.29 is 9.47 Å². The fraction of sp³-hybridized carbons (Fsp3) is 0.429. The largest absolute Gasteiger partial charge is 0.391 e. The second-order valence-corrected chi connectivity index (χ2v) is 3.12. The van der Waals surface area contributed by atoms with Crippen LogP contribution in [0.4, 0.5) is 0 Å². The summed E-state index contributed by atoms with van der Waals surface area (Å²) in [6.07, 6.45) is 4.03. The van der Waals surface area contributed by atoms with E-state index in [1.54, 1.807) is 28.4 Å². The summed E-state index contributed by atoms with van der Waals surface area (Å²) in [5, 5.41) is 3.12. The predicted molar refractivity (Wildman–Crippen MR) is 75.0 cm³/mol. The summed E-state index contributed by atoms with van der Waals surface area (Å²) in [5.41, 5.74) is 1.23. The van der Waals surface area contributed by atoms with Crippen molar-refractivity contribution >= 4 is 6.08 Å². The maximum Gasteiger partial charge on any atom is 0.0351 e. The van der Waals surface area contributed by atoms with Gasteiger partial charge in [0.2, 0.25) is 0 Å². The zero-order chi connectivity index (χ0) is 13.4. The molecule has 0 atom stereocenters. The maximum absolute atomic E-state index is 4.25. The molecule has 1 rings (SSSR count). The molecule has 0 unspecified atom stereocenters. The molecule has 0 aromatic heterocycles. The molecule has 1 aromatic carbocycles. The van der Waals surface area contributed by atoms with Gasteiger partial charge in [-0.2, -0.15) is 0 Å². The summed E-state index contributed by atoms with van der Waals surface area (Å²) in [4.78, 5) is 0. The first-order valence-corrected chi connectivity index (χ1v) is 5.52. The monoisotopic (exact) mass is 239 g/mol. The molecule has 1 aromatic rings. The van der Waals surface area contributed by atoms with E-state index in [0.29, 0.717) is 0 Å². The number of rotatable bonds is 3. The lowest BCUT2D eigenvalue weighted by atomic mass is 10.2. The fourth-order valence-corrected chi connectivity index (χ4v) is 0.837. The van der Waals surface area contributed by atoms with Crippen LogP contribution < -0.4 is 5.32 Å². The van der Waals surface area contributed by atoms with Gasteiger partial charge in [0.1, 0.15) is 0 Å². The van der Waals surface area contributed by atoms with Crippen molar-refractivity contribution in [1.82, 2.24) is 5.32 Å². The second-order valence-electron chi connectivity index (χ2n) is 3.12. The summed E-state index contributed by atoms with van der Waals surface area (Å²) < 4.78 is 8.50. The number of ether oxygens (including phenoxy) is 2. The van der Waals surface area contributed by atoms with Crippen molar-refractivity contribution in [2.75, 3.05) is 35.0 Å². The van der Waals surface area contributed by atoms with Gasteiger partial charge in [0.15, 0.2) is 0 Å². The van der Waals surface area contributed by atoms with Crippen molar-refractivity contribution in [1.29, 1.82) is 0 Å². The molecular formula is C14H25NO2. The zero-order valence-corrected chi connectivity index (χ0v) is 11.6. The average molecular weight is 239 g/mol. The number of hydrogen-bond donors (Lipinski definition) is 1. The predicted octanol–water partition coefficient (Wildman–Crippen LogP) is 2.79. The van der Waals surface area contributed by atoms with E-state index in [1.807, 2.05) is 24.4 Å². The SMILES string of the molecule is CCNC=Cc1ccccc1.COC.COC. The summed E-state index contributed by atoms with van der Waals surface area (Å²) in [7, 11) is 6.50. The number of hydrogen-bond acceptors (Lipinski definition) is 3. The van der Waals surface area contributed by atoms with Gasteiger partial charge in [-0.25, -0.2) is 0 Å². The smallest absolute Gasteiger partial charge is 0.0351 e. The lowest BCUT2D eigenvalue weighted by Crippen LogP contribution is -2.00. The van der Waals surface area contributed by atoms with Gasteiger partial charge >= 0.3 is 0 Å². The number of nitrogens with one attached hydrogen (secondary N) is 1. The van der Waals surface area contributed by atoms with E-state index in [4.69, 9.17) is 0 Å². The zero-order valence-electron chi connectivity index (χ0n) is 11.6. The fourth-order valence-electron chi connectivity index (χ4n) is 0.837. The minimum atomic E-state index is 0.976. The molecule has 0 heterocycles. The van der Waals surface area contributed by atoms with E-state index < -0.39 is 0 Å². The molecule has 0 saturated heterocycles. The van der Waals surface area contributed by atoms with Crippen LogP contribution in [0, 0.1) is 0 Å². The standard InChI is InChI=1S/C10H13N.2C2H6O/c1-2-11-9-8-10-6-4-3-5-7-10;2*1-3-2/h3-9,11H,2H2,1H3;2*1-2H3. The van der Waals surface area contributed by atoms with E-state index in [1.165, 1.54) is 5.56 Å². The van der Waals surface area contributed by atoms with Gasteiger partial charge in [-0.3, -0.25) is 0 Å². The molecule has 3 nitrogen and oxygen atoms in total. The van der Waals surface area contributed by atoms with Gasteiger partial charge in [0.25, 0.3) is 0 Å². The Labute approximate surface area is 105 Å². The minimum absolute atomic E-state index is 0.976. The van der Waals surface area contributed by atoms with Crippen LogP contribution in [0.5, 0.6) is 0 Å². The van der Waals surface area contributed by atoms with Gasteiger partial charge < -0.3 is 14.8 Å². The van der Waals surface area contributed by atoms with Gasteiger partial charge in [-0.1, -0.05) is 30.3 Å². The van der Waals surface area contributed by atoms with Crippen molar-refractivity contribution in [2.24, 2.45) is 0 Å². The normalized spacial score (nSPS) is 8.76. The van der Waals surface area contributed by atoms with Crippen molar-refractivity contribution in [3.05, 3.63) is 42.1 Å². The average Bonchev–Trinajstić information content (AvgIpc) is 2.33. The molecule has 0 radical (unpaired) electrons. The molecule has 0 aliphatic carbocycles. The van der Waals surface area contributed by atoms with Crippen LogP contribution >= 0.6 is 0 Å². The maximum atomic E-state index is 4.25. The molecule has 0 aliphatic heterocycles. The summed E-state index contributed by atoms with van der Waals surface area (Å²) in [5.74, 6) is 0. The molecule has 0 saturated carbocycles. The highest BCUT2D eigenvalue weighted by molar-refractivity contribution is 5.48. The van der Waals surface area contributed by atoms with Crippen LogP contribution in [0.1, 0.15) is 12.5 Å². The van der Waals surface area contributed by atoms with Crippen LogP contribution in [0.2, 0.25) is 0 Å². The summed E-state index contributed by atoms with van der Waals surface area (Å²) >= 11 is 0. The van der Waals surface area contributed by atoms with Crippen LogP contribution in [0.15, 0.2) is 36.5 Å². The first kappa shape index (κ1) is 18.1. The van der Waals surface area contributed by atoms with Crippen molar-refractivity contribution in [2.45, 2.75) is 6.92 Å². The lowest BCUT2D eigenvalue weighted by molar-refractivity contribution is 0.277. The van der Waals surface area contributed by atoms with E-state index in [0.717, 1.165) is 6.54 Å². The third-order valence-corrected chi connectivity index (χ3v) is 1.40. The summed E-state index contributed by atoms with van der Waals surface area (Å²) in [6, 6.07) is 10.2. The van der Waals surface area contributed by atoms with Crippen LogP contribution in [0.3, 0.4) is 0 Å². The van der Waals surface area contributed by atoms with Crippen LogP contribution in [-0.4, -0.2) is 35.0 Å². The Morgan fingerprint density at radius 1 is 1.00 bits per heavy atom. The molecule has 0 amide bonds. The lowest BCUT2D eigenvalue weighted by Gasteiger charge is -1.92. The Morgan fingerprint density at radius 3 is 1.88 bits per heavy atom. The molecule has 0 bridgehead atoms. The topological polar surface area (TPSA) is 30.5 Å². The Kier molecular flexibility index (Phi) is 18.1. The second kappa shape index (κ2) is 17.1. The first-order valence-electron chi connectivity index (χ1n) is 5.52. The number of methoxy groups -OCH3 is 2. The Morgan fingerprint density at radius 2 is 1.47 bits per heavy atom. The molecule has 98 valence electrons. The molecule has 1 N–H and O–H groups in total. The highest BCUT2D eigenvalue weighted by atomic mass is 16.5. The van der Waals surface area contributed by atoms with Crippen LogP contribution in [-0.2, 0) is 9.47 Å². The van der Waals surface area contributed by atoms with E-state index in [-0.39, 0.29) is 0 Å². The van der Waals surface area contributed by atoms with E-state index in [2.05, 4.69) is 39.9 Å². The van der Waals surface area contributed by atoms with Gasteiger partial charge in [-0.15, -0.1) is 0 Å². The van der Waals surface area contributed by atoms with Gasteiger partial charge in [0.05, 0.1) is 0 Å². The number of benzene rings is 1. The van der Waals surface area contributed by atoms with E-state index in [9.17, 15) is 0 Å². The van der Waals surface area contributed by atoms with Gasteiger partial charge in [-0.05, 0) is 24.8 Å². The molecule has 0 aliphatic rings. The highest BCUT2D eigenvalue weighted by Crippen LogP contribution is 1.99. The first-order chi connectivity index (χ1) is 8.26. The molecular weight excluding hydrogens is 214 g/mol. The minimum Gasteiger partial charge on any atom is -0.391 e. The van der Waals surface area contributed by atoms with Crippen molar-refractivity contribution in [3.63, 3.8) is 0 Å². The van der Waals surface area contributed by atoms with Gasteiger partial charge in [0, 0.05) is 35.0 Å². The summed E-state index contributed by atoms with van der Waals surface area (Å²) in [6.45, 7) is 3.05. The molecule has 0 fully saturated rings. The Bertz CT molecular complexity index is 246. The Hall–Kier alpha value is -1.32. The van der Waals surface area contributed by atoms with E-state index >= 15 is 0 Å². The Balaban J connectivity index is 0. The third kappa shape index (κ3) is 17.3. The molecule has 3 heteroatoms. The quantitative estimate of drug-likeness (QED) is 0.880. The van der Waals surface area contributed by atoms with Crippen molar-refractivity contribution in [3.8, 4) is 0 Å².